The predicted octanol–water partition coefficient (Wildman–Crippen LogP) is 3.62. The molecule has 1 N–H and O–H groups in total. The van der Waals surface area contributed by atoms with Crippen LogP contribution in [0.4, 0.5) is 8.78 Å². The van der Waals surface area contributed by atoms with E-state index in [1.807, 2.05) is 0 Å². The number of carbonyl (C=O) groups excluding carboxylic acids is 1. The third-order valence-corrected chi connectivity index (χ3v) is 3.51. The zero-order valence-corrected chi connectivity index (χ0v) is 12.9. The first kappa shape index (κ1) is 16.3. The summed E-state index contributed by atoms with van der Waals surface area (Å²) in [5.74, 6) is -1.52. The summed E-state index contributed by atoms with van der Waals surface area (Å²) in [7, 11) is 0. The normalized spacial score (nSPS) is 10.5. The number of hydrogen-bond donors (Lipinski definition) is 1. The summed E-state index contributed by atoms with van der Waals surface area (Å²) in [6.45, 7) is 0.614. The van der Waals surface area contributed by atoms with Gasteiger partial charge in [-0.15, -0.1) is 0 Å². The van der Waals surface area contributed by atoms with Gasteiger partial charge in [-0.05, 0) is 28.9 Å². The van der Waals surface area contributed by atoms with Gasteiger partial charge >= 0.3 is 0 Å². The van der Waals surface area contributed by atoms with Crippen molar-refractivity contribution in [3.8, 4) is 0 Å². The molecule has 0 aliphatic carbocycles. The van der Waals surface area contributed by atoms with Gasteiger partial charge < -0.3 is 5.32 Å². The van der Waals surface area contributed by atoms with Crippen LogP contribution in [0.3, 0.4) is 0 Å². The summed E-state index contributed by atoms with van der Waals surface area (Å²) < 4.78 is 27.2. The van der Waals surface area contributed by atoms with E-state index in [0.717, 1.165) is 29.4 Å². The number of hydrogen-bond acceptors (Lipinski definition) is 1. The van der Waals surface area contributed by atoms with Crippen molar-refractivity contribution < 1.29 is 13.6 Å². The molecule has 0 bridgehead atoms. The molecule has 1 aromatic rings. The minimum absolute atomic E-state index is 0.0418. The Morgan fingerprint density at radius 3 is 2.58 bits per heavy atom. The van der Waals surface area contributed by atoms with Crippen molar-refractivity contribution in [2.24, 2.45) is 0 Å². The van der Waals surface area contributed by atoms with Gasteiger partial charge in [0.05, 0.1) is 6.42 Å². The molecule has 0 saturated carbocycles. The SMILES string of the molecule is O=C(Cc1ccc(F)cc1F)NCCCCCCI. The average molecular weight is 381 g/mol. The molecule has 106 valence electrons. The van der Waals surface area contributed by atoms with Crippen LogP contribution < -0.4 is 5.32 Å². The van der Waals surface area contributed by atoms with Crippen molar-refractivity contribution >= 4 is 28.5 Å². The fraction of sp³-hybridized carbons (Fsp3) is 0.500. The van der Waals surface area contributed by atoms with E-state index < -0.39 is 11.6 Å². The number of carbonyl (C=O) groups is 1. The molecular formula is C14H18F2INO. The number of benzene rings is 1. The molecule has 0 unspecified atom stereocenters. The van der Waals surface area contributed by atoms with Crippen LogP contribution in [0.15, 0.2) is 18.2 Å². The second-order valence-corrected chi connectivity index (χ2v) is 5.44. The molecule has 5 heteroatoms. The van der Waals surface area contributed by atoms with E-state index in [4.69, 9.17) is 0 Å². The quantitative estimate of drug-likeness (QED) is 0.416. The third-order valence-electron chi connectivity index (χ3n) is 2.75. The van der Waals surface area contributed by atoms with Crippen LogP contribution >= 0.6 is 22.6 Å². The highest BCUT2D eigenvalue weighted by Crippen LogP contribution is 2.10. The Balaban J connectivity index is 2.23. The lowest BCUT2D eigenvalue weighted by Gasteiger charge is -2.06. The number of alkyl halides is 1. The second-order valence-electron chi connectivity index (χ2n) is 4.37. The minimum Gasteiger partial charge on any atom is -0.356 e. The molecular weight excluding hydrogens is 363 g/mol. The van der Waals surface area contributed by atoms with E-state index in [-0.39, 0.29) is 17.9 Å². The van der Waals surface area contributed by atoms with E-state index >= 15 is 0 Å². The van der Waals surface area contributed by atoms with Crippen molar-refractivity contribution in [1.82, 2.24) is 5.32 Å². The molecule has 0 aliphatic rings. The molecule has 0 saturated heterocycles. The van der Waals surface area contributed by atoms with Crippen LogP contribution in [-0.4, -0.2) is 16.9 Å². The van der Waals surface area contributed by atoms with Crippen LogP contribution in [0.1, 0.15) is 31.2 Å². The standard InChI is InChI=1S/C14H18F2INO/c15-12-6-5-11(13(16)10-12)9-14(19)18-8-4-2-1-3-7-17/h5-6,10H,1-4,7-9H2,(H,18,19). The Hall–Kier alpha value is -0.720. The third kappa shape index (κ3) is 6.84. The van der Waals surface area contributed by atoms with Crippen molar-refractivity contribution in [2.45, 2.75) is 32.1 Å². The van der Waals surface area contributed by atoms with Crippen molar-refractivity contribution in [3.63, 3.8) is 0 Å². The summed E-state index contributed by atoms with van der Waals surface area (Å²) in [4.78, 5) is 11.6. The molecule has 2 nitrogen and oxygen atoms in total. The van der Waals surface area contributed by atoms with Crippen LogP contribution in [-0.2, 0) is 11.2 Å². The summed E-state index contributed by atoms with van der Waals surface area (Å²) in [5, 5.41) is 2.75. The van der Waals surface area contributed by atoms with Gasteiger partial charge in [0.25, 0.3) is 0 Å². The fourth-order valence-corrected chi connectivity index (χ4v) is 2.24. The smallest absolute Gasteiger partial charge is 0.224 e. The van der Waals surface area contributed by atoms with Gasteiger partial charge in [-0.2, -0.15) is 0 Å². The lowest BCUT2D eigenvalue weighted by atomic mass is 10.1. The van der Waals surface area contributed by atoms with Gasteiger partial charge in [0.15, 0.2) is 0 Å². The molecule has 0 fully saturated rings. The average Bonchev–Trinajstić information content (AvgIpc) is 2.37. The fourth-order valence-electron chi connectivity index (χ4n) is 1.70. The number of amides is 1. The molecule has 1 rings (SSSR count). The van der Waals surface area contributed by atoms with Gasteiger partial charge in [0, 0.05) is 12.6 Å². The Morgan fingerprint density at radius 2 is 1.89 bits per heavy atom. The number of unbranched alkanes of at least 4 members (excludes halogenated alkanes) is 3. The molecule has 0 spiro atoms. The van der Waals surface area contributed by atoms with E-state index in [0.29, 0.717) is 6.54 Å². The molecule has 0 radical (unpaired) electrons. The van der Waals surface area contributed by atoms with Gasteiger partial charge in [0.2, 0.25) is 5.91 Å². The van der Waals surface area contributed by atoms with Crippen molar-refractivity contribution in [3.05, 3.63) is 35.4 Å². The molecule has 0 atom stereocenters. The first-order valence-electron chi connectivity index (χ1n) is 6.40. The van der Waals surface area contributed by atoms with Gasteiger partial charge in [-0.25, -0.2) is 8.78 Å². The molecule has 0 heterocycles. The molecule has 19 heavy (non-hydrogen) atoms. The van der Waals surface area contributed by atoms with Crippen molar-refractivity contribution in [1.29, 1.82) is 0 Å². The van der Waals surface area contributed by atoms with Gasteiger partial charge in [0.1, 0.15) is 11.6 Å². The summed E-state index contributed by atoms with van der Waals surface area (Å²) in [5.41, 5.74) is 0.226. The number of nitrogens with one attached hydrogen (secondary N) is 1. The maximum Gasteiger partial charge on any atom is 0.224 e. The van der Waals surface area contributed by atoms with Crippen molar-refractivity contribution in [2.75, 3.05) is 11.0 Å². The summed E-state index contributed by atoms with van der Waals surface area (Å²) in [6, 6.07) is 3.27. The Labute approximate surface area is 126 Å². The van der Waals surface area contributed by atoms with Crippen LogP contribution in [0.2, 0.25) is 0 Å². The second kappa shape index (κ2) is 9.23. The lowest BCUT2D eigenvalue weighted by molar-refractivity contribution is -0.120. The largest absolute Gasteiger partial charge is 0.356 e. The van der Waals surface area contributed by atoms with E-state index in [1.165, 1.54) is 18.9 Å². The number of rotatable bonds is 8. The van der Waals surface area contributed by atoms with Gasteiger partial charge in [-0.1, -0.05) is 41.5 Å². The van der Waals surface area contributed by atoms with E-state index in [9.17, 15) is 13.6 Å². The molecule has 0 aromatic heterocycles. The molecule has 1 aromatic carbocycles. The zero-order chi connectivity index (χ0) is 14.1. The highest BCUT2D eigenvalue weighted by molar-refractivity contribution is 14.1. The van der Waals surface area contributed by atoms with E-state index in [2.05, 4.69) is 27.9 Å². The predicted molar refractivity (Wildman–Crippen MR) is 80.4 cm³/mol. The minimum atomic E-state index is -0.669. The number of halogens is 3. The Morgan fingerprint density at radius 1 is 1.16 bits per heavy atom. The summed E-state index contributed by atoms with van der Waals surface area (Å²) in [6.07, 6.45) is 4.36. The highest BCUT2D eigenvalue weighted by Gasteiger charge is 2.08. The first-order valence-corrected chi connectivity index (χ1v) is 7.92. The Bertz CT molecular complexity index is 412. The zero-order valence-electron chi connectivity index (χ0n) is 10.7. The maximum atomic E-state index is 13.3. The van der Waals surface area contributed by atoms with Crippen LogP contribution in [0, 0.1) is 11.6 Å². The van der Waals surface area contributed by atoms with Crippen LogP contribution in [0.5, 0.6) is 0 Å². The first-order chi connectivity index (χ1) is 9.13. The Kier molecular flexibility index (Phi) is 7.93. The highest BCUT2D eigenvalue weighted by atomic mass is 127. The summed E-state index contributed by atoms with van der Waals surface area (Å²) >= 11 is 2.34. The maximum absolute atomic E-state index is 13.3. The topological polar surface area (TPSA) is 29.1 Å². The molecule has 0 aliphatic heterocycles. The molecule has 1 amide bonds. The lowest BCUT2D eigenvalue weighted by Crippen LogP contribution is -2.26. The monoisotopic (exact) mass is 381 g/mol. The van der Waals surface area contributed by atoms with Gasteiger partial charge in [-0.3, -0.25) is 4.79 Å². The van der Waals surface area contributed by atoms with E-state index in [1.54, 1.807) is 0 Å². The van der Waals surface area contributed by atoms with Crippen LogP contribution in [0.25, 0.3) is 0 Å².